The van der Waals surface area contributed by atoms with Crippen LogP contribution in [0, 0.1) is 5.92 Å². The molecule has 108 valence electrons. The van der Waals surface area contributed by atoms with Gasteiger partial charge in [0.1, 0.15) is 18.0 Å². The van der Waals surface area contributed by atoms with Gasteiger partial charge in [0.25, 0.3) is 0 Å². The standard InChI is InChI=1S/C14H26N4O/c1-5-7-11-13(15)16-9-17-14(11)18-12(10(3)4)8-19-6-2/h9-10,12H,5-8H2,1-4H3,(H3,15,16,17,18). The van der Waals surface area contributed by atoms with Crippen molar-refractivity contribution in [3.8, 4) is 0 Å². The van der Waals surface area contributed by atoms with E-state index in [1.807, 2.05) is 6.92 Å². The molecule has 0 radical (unpaired) electrons. The van der Waals surface area contributed by atoms with Crippen LogP contribution in [-0.2, 0) is 11.2 Å². The smallest absolute Gasteiger partial charge is 0.135 e. The lowest BCUT2D eigenvalue weighted by Gasteiger charge is -2.24. The van der Waals surface area contributed by atoms with E-state index in [2.05, 4.69) is 36.1 Å². The number of nitrogen functional groups attached to an aromatic ring is 1. The first-order chi connectivity index (χ1) is 9.10. The van der Waals surface area contributed by atoms with Gasteiger partial charge >= 0.3 is 0 Å². The van der Waals surface area contributed by atoms with Gasteiger partial charge in [-0.15, -0.1) is 0 Å². The maximum absolute atomic E-state index is 5.94. The number of rotatable bonds is 8. The number of ether oxygens (including phenoxy) is 1. The quantitative estimate of drug-likeness (QED) is 0.756. The molecule has 5 heteroatoms. The molecule has 3 N–H and O–H groups in total. The van der Waals surface area contributed by atoms with Gasteiger partial charge in [-0.2, -0.15) is 0 Å². The summed E-state index contributed by atoms with van der Waals surface area (Å²) in [5, 5.41) is 3.45. The van der Waals surface area contributed by atoms with E-state index in [0.29, 0.717) is 18.3 Å². The molecule has 0 aliphatic heterocycles. The van der Waals surface area contributed by atoms with Gasteiger partial charge in [-0.3, -0.25) is 0 Å². The fourth-order valence-electron chi connectivity index (χ4n) is 1.87. The zero-order valence-electron chi connectivity index (χ0n) is 12.4. The topological polar surface area (TPSA) is 73.1 Å². The number of hydrogen-bond acceptors (Lipinski definition) is 5. The monoisotopic (exact) mass is 266 g/mol. The summed E-state index contributed by atoms with van der Waals surface area (Å²) in [6.07, 6.45) is 3.41. The summed E-state index contributed by atoms with van der Waals surface area (Å²) >= 11 is 0. The Kier molecular flexibility index (Phi) is 6.56. The first-order valence-corrected chi connectivity index (χ1v) is 7.03. The molecule has 1 unspecified atom stereocenters. The largest absolute Gasteiger partial charge is 0.383 e. The molecule has 1 rings (SSSR count). The van der Waals surface area contributed by atoms with Gasteiger partial charge in [0, 0.05) is 12.2 Å². The second-order valence-corrected chi connectivity index (χ2v) is 4.99. The van der Waals surface area contributed by atoms with Crippen molar-refractivity contribution in [3.05, 3.63) is 11.9 Å². The molecule has 0 aromatic carbocycles. The van der Waals surface area contributed by atoms with Crippen molar-refractivity contribution in [3.63, 3.8) is 0 Å². The van der Waals surface area contributed by atoms with Gasteiger partial charge in [-0.05, 0) is 19.3 Å². The van der Waals surface area contributed by atoms with Gasteiger partial charge in [0.2, 0.25) is 0 Å². The van der Waals surface area contributed by atoms with E-state index in [0.717, 1.165) is 30.8 Å². The minimum Gasteiger partial charge on any atom is -0.383 e. The van der Waals surface area contributed by atoms with Gasteiger partial charge in [-0.25, -0.2) is 9.97 Å². The van der Waals surface area contributed by atoms with Crippen LogP contribution in [-0.4, -0.2) is 29.2 Å². The van der Waals surface area contributed by atoms with Crippen LogP contribution in [0.5, 0.6) is 0 Å². The number of nitrogens with zero attached hydrogens (tertiary/aromatic N) is 2. The van der Waals surface area contributed by atoms with Crippen molar-refractivity contribution in [2.45, 2.75) is 46.6 Å². The third-order valence-electron chi connectivity index (χ3n) is 3.11. The number of hydrogen-bond donors (Lipinski definition) is 2. The van der Waals surface area contributed by atoms with E-state index >= 15 is 0 Å². The average Bonchev–Trinajstić information content (AvgIpc) is 2.38. The Morgan fingerprint density at radius 1 is 1.32 bits per heavy atom. The Morgan fingerprint density at radius 2 is 2.05 bits per heavy atom. The van der Waals surface area contributed by atoms with E-state index in [1.54, 1.807) is 0 Å². The molecule has 0 saturated heterocycles. The second-order valence-electron chi connectivity index (χ2n) is 4.99. The maximum Gasteiger partial charge on any atom is 0.135 e. The number of anilines is 2. The van der Waals surface area contributed by atoms with Crippen LogP contribution in [0.3, 0.4) is 0 Å². The van der Waals surface area contributed by atoms with Crippen molar-refractivity contribution in [2.24, 2.45) is 5.92 Å². The Morgan fingerprint density at radius 3 is 2.63 bits per heavy atom. The summed E-state index contributed by atoms with van der Waals surface area (Å²) < 4.78 is 5.52. The molecular formula is C14H26N4O. The third kappa shape index (κ3) is 4.67. The first-order valence-electron chi connectivity index (χ1n) is 7.03. The van der Waals surface area contributed by atoms with Crippen molar-refractivity contribution in [1.29, 1.82) is 0 Å². The van der Waals surface area contributed by atoms with Crippen LogP contribution in [0.1, 0.15) is 39.7 Å². The van der Waals surface area contributed by atoms with Crippen LogP contribution in [0.2, 0.25) is 0 Å². The molecular weight excluding hydrogens is 240 g/mol. The average molecular weight is 266 g/mol. The molecule has 19 heavy (non-hydrogen) atoms. The number of nitrogens with one attached hydrogen (secondary N) is 1. The zero-order valence-corrected chi connectivity index (χ0v) is 12.4. The van der Waals surface area contributed by atoms with Crippen molar-refractivity contribution >= 4 is 11.6 Å². The van der Waals surface area contributed by atoms with Crippen LogP contribution >= 0.6 is 0 Å². The Bertz CT molecular complexity index is 382. The Balaban J connectivity index is 2.86. The summed E-state index contributed by atoms with van der Waals surface area (Å²) in [6, 6.07) is 0.227. The highest BCUT2D eigenvalue weighted by atomic mass is 16.5. The van der Waals surface area contributed by atoms with Crippen LogP contribution in [0.4, 0.5) is 11.6 Å². The minimum absolute atomic E-state index is 0.227. The lowest BCUT2D eigenvalue weighted by atomic mass is 10.0. The van der Waals surface area contributed by atoms with Gasteiger partial charge in [0.05, 0.1) is 12.6 Å². The summed E-state index contributed by atoms with van der Waals surface area (Å²) in [5.41, 5.74) is 6.94. The predicted octanol–water partition coefficient (Wildman–Crippen LogP) is 2.48. The van der Waals surface area contributed by atoms with E-state index < -0.39 is 0 Å². The van der Waals surface area contributed by atoms with Crippen LogP contribution in [0.15, 0.2) is 6.33 Å². The highest BCUT2D eigenvalue weighted by Crippen LogP contribution is 2.21. The normalized spacial score (nSPS) is 12.7. The Labute approximate surface area is 116 Å². The van der Waals surface area contributed by atoms with Crippen molar-refractivity contribution in [1.82, 2.24) is 9.97 Å². The minimum atomic E-state index is 0.227. The highest BCUT2D eigenvalue weighted by molar-refractivity contribution is 5.55. The van der Waals surface area contributed by atoms with Gasteiger partial charge in [-0.1, -0.05) is 27.2 Å². The molecule has 0 spiro atoms. The molecule has 1 aromatic rings. The number of aromatic nitrogens is 2. The zero-order chi connectivity index (χ0) is 14.3. The summed E-state index contributed by atoms with van der Waals surface area (Å²) in [6.45, 7) is 9.85. The van der Waals surface area contributed by atoms with Gasteiger partial charge in [0.15, 0.2) is 0 Å². The second kappa shape index (κ2) is 7.94. The first kappa shape index (κ1) is 15.7. The van der Waals surface area contributed by atoms with E-state index in [4.69, 9.17) is 10.5 Å². The molecule has 0 aliphatic rings. The van der Waals surface area contributed by atoms with Crippen molar-refractivity contribution < 1.29 is 4.74 Å². The molecule has 1 atom stereocenters. The van der Waals surface area contributed by atoms with Gasteiger partial charge < -0.3 is 15.8 Å². The lowest BCUT2D eigenvalue weighted by molar-refractivity contribution is 0.126. The molecule has 0 aliphatic carbocycles. The Hall–Kier alpha value is -1.36. The molecule has 0 bridgehead atoms. The van der Waals surface area contributed by atoms with Crippen LogP contribution < -0.4 is 11.1 Å². The highest BCUT2D eigenvalue weighted by Gasteiger charge is 2.17. The van der Waals surface area contributed by atoms with Crippen molar-refractivity contribution in [2.75, 3.05) is 24.3 Å². The molecule has 0 amide bonds. The maximum atomic E-state index is 5.94. The molecule has 0 fully saturated rings. The number of nitrogens with two attached hydrogens (primary N) is 1. The molecule has 1 aromatic heterocycles. The fourth-order valence-corrected chi connectivity index (χ4v) is 1.87. The summed E-state index contributed by atoms with van der Waals surface area (Å²) in [7, 11) is 0. The third-order valence-corrected chi connectivity index (χ3v) is 3.11. The van der Waals surface area contributed by atoms with E-state index in [1.165, 1.54) is 6.33 Å². The fraction of sp³-hybridized carbons (Fsp3) is 0.714. The summed E-state index contributed by atoms with van der Waals surface area (Å²) in [5.74, 6) is 1.86. The molecule has 0 saturated carbocycles. The predicted molar refractivity (Wildman–Crippen MR) is 79.2 cm³/mol. The molecule has 1 heterocycles. The SMILES string of the molecule is CCCc1c(N)ncnc1NC(COCC)C(C)C. The van der Waals surface area contributed by atoms with Crippen LogP contribution in [0.25, 0.3) is 0 Å². The van der Waals surface area contributed by atoms with E-state index in [-0.39, 0.29) is 6.04 Å². The molecule has 5 nitrogen and oxygen atoms in total. The lowest BCUT2D eigenvalue weighted by Crippen LogP contribution is -2.32. The van der Waals surface area contributed by atoms with E-state index in [9.17, 15) is 0 Å². The summed E-state index contributed by atoms with van der Waals surface area (Å²) in [4.78, 5) is 8.40.